The Hall–Kier alpha value is -2.40. The molecule has 120 valence electrons. The van der Waals surface area contributed by atoms with Crippen LogP contribution in [0.3, 0.4) is 0 Å². The highest BCUT2D eigenvalue weighted by Crippen LogP contribution is 2.18. The first kappa shape index (κ1) is 17.0. The van der Waals surface area contributed by atoms with Crippen molar-refractivity contribution in [3.63, 3.8) is 0 Å². The van der Waals surface area contributed by atoms with Crippen molar-refractivity contribution in [3.05, 3.63) is 64.4 Å². The van der Waals surface area contributed by atoms with Crippen LogP contribution < -0.4 is 0 Å². The van der Waals surface area contributed by atoms with E-state index in [-0.39, 0.29) is 11.6 Å². The Kier molecular flexibility index (Phi) is 5.71. The Labute approximate surface area is 139 Å². The second-order valence-electron chi connectivity index (χ2n) is 4.83. The maximum absolute atomic E-state index is 12.5. The number of carbonyl (C=O) groups is 2. The van der Waals surface area contributed by atoms with Gasteiger partial charge in [0.2, 0.25) is 0 Å². The van der Waals surface area contributed by atoms with Crippen LogP contribution in [0.4, 0.5) is 0 Å². The molecule has 1 aromatic carbocycles. The van der Waals surface area contributed by atoms with Gasteiger partial charge in [0.25, 0.3) is 5.91 Å². The van der Waals surface area contributed by atoms with Gasteiger partial charge in [-0.3, -0.25) is 9.78 Å². The van der Waals surface area contributed by atoms with Gasteiger partial charge in [-0.05, 0) is 30.7 Å². The SMILES string of the molecule is CCN(Cc1ccccc1Cl)C(=O)c1ccc(C(=O)OC)cn1. The molecule has 0 fully saturated rings. The first-order valence-corrected chi connectivity index (χ1v) is 7.51. The minimum absolute atomic E-state index is 0.219. The fourth-order valence-electron chi connectivity index (χ4n) is 2.08. The third-order valence-corrected chi connectivity index (χ3v) is 3.76. The van der Waals surface area contributed by atoms with Crippen LogP contribution >= 0.6 is 11.6 Å². The summed E-state index contributed by atoms with van der Waals surface area (Å²) in [6.45, 7) is 2.80. The lowest BCUT2D eigenvalue weighted by Gasteiger charge is -2.21. The number of esters is 1. The number of ether oxygens (including phenoxy) is 1. The van der Waals surface area contributed by atoms with Crippen LogP contribution in [-0.2, 0) is 11.3 Å². The Morgan fingerprint density at radius 1 is 1.22 bits per heavy atom. The van der Waals surface area contributed by atoms with Crippen molar-refractivity contribution in [2.75, 3.05) is 13.7 Å². The van der Waals surface area contributed by atoms with Gasteiger partial charge in [0.1, 0.15) is 5.69 Å². The van der Waals surface area contributed by atoms with E-state index in [2.05, 4.69) is 9.72 Å². The highest BCUT2D eigenvalue weighted by molar-refractivity contribution is 6.31. The lowest BCUT2D eigenvalue weighted by molar-refractivity contribution is 0.0599. The molecule has 0 radical (unpaired) electrons. The molecule has 1 aromatic heterocycles. The van der Waals surface area contributed by atoms with Crippen molar-refractivity contribution in [1.29, 1.82) is 0 Å². The number of amides is 1. The lowest BCUT2D eigenvalue weighted by atomic mass is 10.2. The minimum atomic E-state index is -0.486. The van der Waals surface area contributed by atoms with E-state index >= 15 is 0 Å². The summed E-state index contributed by atoms with van der Waals surface area (Å²) in [5, 5.41) is 0.618. The van der Waals surface area contributed by atoms with E-state index < -0.39 is 5.97 Å². The standard InChI is InChI=1S/C17H17ClN2O3/c1-3-20(11-13-6-4-5-7-14(13)18)16(21)15-9-8-12(10-19-15)17(22)23-2/h4-10H,3,11H2,1-2H3. The normalized spacial score (nSPS) is 10.2. The first-order chi connectivity index (χ1) is 11.1. The van der Waals surface area contributed by atoms with Crippen molar-refractivity contribution >= 4 is 23.5 Å². The molecule has 0 bridgehead atoms. The van der Waals surface area contributed by atoms with Crippen molar-refractivity contribution in [3.8, 4) is 0 Å². The highest BCUT2D eigenvalue weighted by atomic mass is 35.5. The predicted molar refractivity (Wildman–Crippen MR) is 87.4 cm³/mol. The third-order valence-electron chi connectivity index (χ3n) is 3.39. The average molecular weight is 333 g/mol. The predicted octanol–water partition coefficient (Wildman–Crippen LogP) is 3.18. The van der Waals surface area contributed by atoms with E-state index in [0.717, 1.165) is 5.56 Å². The van der Waals surface area contributed by atoms with E-state index in [0.29, 0.717) is 23.7 Å². The Morgan fingerprint density at radius 3 is 2.52 bits per heavy atom. The van der Waals surface area contributed by atoms with Gasteiger partial charge in [0.05, 0.1) is 12.7 Å². The summed E-state index contributed by atoms with van der Waals surface area (Å²) in [4.78, 5) is 29.6. The molecule has 6 heteroatoms. The number of methoxy groups -OCH3 is 1. The number of nitrogens with zero attached hydrogens (tertiary/aromatic N) is 2. The maximum Gasteiger partial charge on any atom is 0.339 e. The molecule has 0 N–H and O–H groups in total. The molecule has 23 heavy (non-hydrogen) atoms. The molecular formula is C17H17ClN2O3. The molecule has 0 spiro atoms. The summed E-state index contributed by atoms with van der Waals surface area (Å²) in [6.07, 6.45) is 1.34. The summed E-state index contributed by atoms with van der Waals surface area (Å²) in [5.41, 5.74) is 1.44. The van der Waals surface area contributed by atoms with Gasteiger partial charge >= 0.3 is 5.97 Å². The van der Waals surface area contributed by atoms with E-state index in [1.807, 2.05) is 25.1 Å². The van der Waals surface area contributed by atoms with Crippen LogP contribution in [0.5, 0.6) is 0 Å². The van der Waals surface area contributed by atoms with Crippen molar-refractivity contribution in [2.45, 2.75) is 13.5 Å². The fraction of sp³-hybridized carbons (Fsp3) is 0.235. The molecule has 0 atom stereocenters. The zero-order chi connectivity index (χ0) is 16.8. The van der Waals surface area contributed by atoms with Crippen molar-refractivity contribution in [2.24, 2.45) is 0 Å². The summed E-state index contributed by atoms with van der Waals surface area (Å²) < 4.78 is 4.61. The summed E-state index contributed by atoms with van der Waals surface area (Å²) in [7, 11) is 1.30. The van der Waals surface area contributed by atoms with Gasteiger partial charge in [0.15, 0.2) is 0 Å². The highest BCUT2D eigenvalue weighted by Gasteiger charge is 2.17. The van der Waals surface area contributed by atoms with Crippen LogP contribution in [0.25, 0.3) is 0 Å². The van der Waals surface area contributed by atoms with Crippen LogP contribution in [0, 0.1) is 0 Å². The molecule has 0 unspecified atom stereocenters. The molecule has 0 aliphatic carbocycles. The molecule has 0 aliphatic rings. The van der Waals surface area contributed by atoms with Gasteiger partial charge in [-0.2, -0.15) is 0 Å². The molecule has 2 rings (SSSR count). The smallest absolute Gasteiger partial charge is 0.339 e. The van der Waals surface area contributed by atoms with Crippen LogP contribution in [0.2, 0.25) is 5.02 Å². The van der Waals surface area contributed by atoms with Gasteiger partial charge in [0, 0.05) is 24.3 Å². The number of carbonyl (C=O) groups excluding carboxylic acids is 2. The summed E-state index contributed by atoms with van der Waals surface area (Å²) in [6, 6.07) is 10.4. The minimum Gasteiger partial charge on any atom is -0.465 e. The monoisotopic (exact) mass is 332 g/mol. The van der Waals surface area contributed by atoms with Gasteiger partial charge in [-0.15, -0.1) is 0 Å². The zero-order valence-electron chi connectivity index (χ0n) is 13.0. The van der Waals surface area contributed by atoms with Crippen LogP contribution in [0.15, 0.2) is 42.6 Å². The topological polar surface area (TPSA) is 59.5 Å². The van der Waals surface area contributed by atoms with E-state index in [1.54, 1.807) is 11.0 Å². The van der Waals surface area contributed by atoms with Crippen molar-refractivity contribution in [1.82, 2.24) is 9.88 Å². The molecule has 1 amide bonds. The first-order valence-electron chi connectivity index (χ1n) is 7.13. The molecule has 0 saturated heterocycles. The molecule has 1 heterocycles. The largest absolute Gasteiger partial charge is 0.465 e. The summed E-state index contributed by atoms with van der Waals surface area (Å²) >= 11 is 6.14. The van der Waals surface area contributed by atoms with E-state index in [1.165, 1.54) is 25.4 Å². The zero-order valence-corrected chi connectivity index (χ0v) is 13.7. The number of halogens is 1. The Balaban J connectivity index is 2.16. The quantitative estimate of drug-likeness (QED) is 0.789. The molecule has 2 aromatic rings. The van der Waals surface area contributed by atoms with Crippen molar-refractivity contribution < 1.29 is 14.3 Å². The number of aromatic nitrogens is 1. The van der Waals surface area contributed by atoms with Gasteiger partial charge < -0.3 is 9.64 Å². The lowest BCUT2D eigenvalue weighted by Crippen LogP contribution is -2.31. The maximum atomic E-state index is 12.5. The summed E-state index contributed by atoms with van der Waals surface area (Å²) in [5.74, 6) is -0.705. The average Bonchev–Trinajstić information content (AvgIpc) is 2.60. The third kappa shape index (κ3) is 4.07. The number of hydrogen-bond acceptors (Lipinski definition) is 4. The van der Waals surface area contributed by atoms with Crippen LogP contribution in [0.1, 0.15) is 33.3 Å². The molecule has 0 saturated carbocycles. The number of pyridine rings is 1. The number of benzene rings is 1. The fourth-order valence-corrected chi connectivity index (χ4v) is 2.28. The van der Waals surface area contributed by atoms with Crippen LogP contribution in [-0.4, -0.2) is 35.4 Å². The number of rotatable bonds is 5. The molecule has 5 nitrogen and oxygen atoms in total. The second-order valence-corrected chi connectivity index (χ2v) is 5.24. The van der Waals surface area contributed by atoms with E-state index in [9.17, 15) is 9.59 Å². The molecule has 0 aliphatic heterocycles. The Morgan fingerprint density at radius 2 is 1.96 bits per heavy atom. The van der Waals surface area contributed by atoms with E-state index in [4.69, 9.17) is 11.6 Å². The van der Waals surface area contributed by atoms with Gasteiger partial charge in [-0.1, -0.05) is 29.8 Å². The van der Waals surface area contributed by atoms with Gasteiger partial charge in [-0.25, -0.2) is 4.79 Å². The Bertz CT molecular complexity index is 701. The number of hydrogen-bond donors (Lipinski definition) is 0. The molecular weight excluding hydrogens is 316 g/mol. The second kappa shape index (κ2) is 7.74.